The number of carbonyl (C=O) groups excluding carboxylic acids is 2. The first-order chi connectivity index (χ1) is 33.9. The lowest BCUT2D eigenvalue weighted by Crippen LogP contribution is -2.40. The summed E-state index contributed by atoms with van der Waals surface area (Å²) in [6.45, 7) is 3.29. The lowest BCUT2D eigenvalue weighted by atomic mass is 9.96. The third-order valence-corrected chi connectivity index (χ3v) is 12.3. The SMILES string of the molecule is COCCNC(=O)c1ccc(-c2c(OC)ccc3[nH]c4cnc(-c5cccnc5)cc4c23)cc1.COc1ccc2[nH]c3cnc(-c4cccnc4)cc3c2c1-c1cccc(C(=O)N2CCOCC2)c1. The highest BCUT2D eigenvalue weighted by molar-refractivity contribution is 6.17. The van der Waals surface area contributed by atoms with Gasteiger partial charge in [-0.3, -0.25) is 29.5 Å². The van der Waals surface area contributed by atoms with E-state index in [2.05, 4.69) is 47.4 Å². The van der Waals surface area contributed by atoms with E-state index in [0.29, 0.717) is 50.6 Å². The molecule has 14 nitrogen and oxygen atoms in total. The zero-order valence-electron chi connectivity index (χ0n) is 38.3. The van der Waals surface area contributed by atoms with Crippen LogP contribution in [0.15, 0.2) is 146 Å². The molecule has 4 aromatic carbocycles. The van der Waals surface area contributed by atoms with Crippen molar-refractivity contribution in [1.29, 1.82) is 0 Å². The van der Waals surface area contributed by atoms with Gasteiger partial charge in [-0.2, -0.15) is 0 Å². The standard InChI is InChI=1S/C28H24N4O3.C27H24N4O3/c1-34-25-8-7-22-27(21-15-23(30-17-24(21)31-22)20-6-3-9-29-16-20)26(25)18-4-2-5-19(14-18)28(33)32-10-12-35-13-11-32;1-33-13-12-29-27(32)18-7-5-17(6-8-18)25-24(34-2)10-9-21-26(25)20-14-22(30-16-23(20)31-21)19-4-3-11-28-15-19/h2-9,14-17,31H,10-13H2,1H3;3-11,14-16,31H,12-13H2,1-2H3,(H,29,32). The van der Waals surface area contributed by atoms with Gasteiger partial charge in [-0.1, -0.05) is 24.3 Å². The van der Waals surface area contributed by atoms with E-state index in [1.54, 1.807) is 39.9 Å². The van der Waals surface area contributed by atoms with Crippen molar-refractivity contribution in [3.05, 3.63) is 158 Å². The predicted molar refractivity (Wildman–Crippen MR) is 269 cm³/mol. The highest BCUT2D eigenvalue weighted by Crippen LogP contribution is 2.43. The first kappa shape index (κ1) is 44.4. The minimum atomic E-state index is -0.131. The van der Waals surface area contributed by atoms with Crippen LogP contribution < -0.4 is 14.8 Å². The van der Waals surface area contributed by atoms with Crippen LogP contribution in [0.1, 0.15) is 20.7 Å². The van der Waals surface area contributed by atoms with Gasteiger partial charge in [0, 0.05) is 117 Å². The summed E-state index contributed by atoms with van der Waals surface area (Å²) in [6, 6.07) is 35.2. The van der Waals surface area contributed by atoms with Crippen LogP contribution in [0.4, 0.5) is 0 Å². The summed E-state index contributed by atoms with van der Waals surface area (Å²) < 4.78 is 22.0. The number of methoxy groups -OCH3 is 3. The quantitative estimate of drug-likeness (QED) is 0.106. The van der Waals surface area contributed by atoms with Crippen molar-refractivity contribution in [3.8, 4) is 56.3 Å². The van der Waals surface area contributed by atoms with E-state index in [4.69, 9.17) is 18.9 Å². The number of aromatic nitrogens is 6. The van der Waals surface area contributed by atoms with E-state index < -0.39 is 0 Å². The van der Waals surface area contributed by atoms with Crippen molar-refractivity contribution in [1.82, 2.24) is 40.1 Å². The number of nitrogens with one attached hydrogen (secondary N) is 3. The van der Waals surface area contributed by atoms with Crippen molar-refractivity contribution in [2.45, 2.75) is 0 Å². The van der Waals surface area contributed by atoms with Gasteiger partial charge in [0.25, 0.3) is 11.8 Å². The number of rotatable bonds is 11. The maximum atomic E-state index is 13.2. The number of aromatic amines is 2. The summed E-state index contributed by atoms with van der Waals surface area (Å²) in [5.41, 5.74) is 12.4. The molecular formula is C55H48N8O6. The fourth-order valence-corrected chi connectivity index (χ4v) is 8.92. The minimum absolute atomic E-state index is 0.0169. The second-order valence-corrected chi connectivity index (χ2v) is 16.4. The Bertz CT molecular complexity index is 3460. The topological polar surface area (TPSA) is 169 Å². The molecule has 1 aliphatic rings. The van der Waals surface area contributed by atoms with Crippen LogP contribution in [0, 0.1) is 0 Å². The van der Waals surface area contributed by atoms with Gasteiger partial charge in [-0.25, -0.2) is 0 Å². The van der Waals surface area contributed by atoms with Crippen molar-refractivity contribution >= 4 is 55.4 Å². The molecule has 0 atom stereocenters. The summed E-state index contributed by atoms with van der Waals surface area (Å²) in [7, 11) is 4.94. The van der Waals surface area contributed by atoms with E-state index in [1.807, 2.05) is 121 Å². The number of amides is 2. The van der Waals surface area contributed by atoms with E-state index in [0.717, 1.165) is 99.9 Å². The zero-order valence-corrected chi connectivity index (χ0v) is 38.3. The fraction of sp³-hybridized carbons (Fsp3) is 0.164. The first-order valence-electron chi connectivity index (χ1n) is 22.5. The number of H-pyrrole nitrogens is 2. The average Bonchev–Trinajstić information content (AvgIpc) is 3.99. The largest absolute Gasteiger partial charge is 0.496 e. The molecule has 0 radical (unpaired) electrons. The Morgan fingerprint density at radius 3 is 1.71 bits per heavy atom. The molecule has 7 heterocycles. The van der Waals surface area contributed by atoms with E-state index in [-0.39, 0.29) is 11.8 Å². The van der Waals surface area contributed by atoms with E-state index in [9.17, 15) is 9.59 Å². The van der Waals surface area contributed by atoms with Crippen molar-refractivity contribution in [3.63, 3.8) is 0 Å². The lowest BCUT2D eigenvalue weighted by molar-refractivity contribution is 0.0303. The van der Waals surface area contributed by atoms with Crippen LogP contribution >= 0.6 is 0 Å². The Hall–Kier alpha value is -8.46. The first-order valence-corrected chi connectivity index (χ1v) is 22.5. The summed E-state index contributed by atoms with van der Waals surface area (Å²) in [6.07, 6.45) is 10.8. The number of carbonyl (C=O) groups is 2. The lowest BCUT2D eigenvalue weighted by Gasteiger charge is -2.27. The van der Waals surface area contributed by atoms with Gasteiger partial charge >= 0.3 is 0 Å². The van der Waals surface area contributed by atoms with Crippen LogP contribution in [-0.4, -0.2) is 107 Å². The fourth-order valence-electron chi connectivity index (χ4n) is 8.92. The van der Waals surface area contributed by atoms with Crippen molar-refractivity contribution in [2.24, 2.45) is 0 Å². The molecule has 6 aromatic heterocycles. The zero-order chi connectivity index (χ0) is 47.3. The average molecular weight is 917 g/mol. The minimum Gasteiger partial charge on any atom is -0.496 e. The number of ether oxygens (including phenoxy) is 4. The number of hydrogen-bond donors (Lipinski definition) is 3. The highest BCUT2D eigenvalue weighted by atomic mass is 16.5. The van der Waals surface area contributed by atoms with Gasteiger partial charge in [-0.05, 0) is 96.1 Å². The summed E-state index contributed by atoms with van der Waals surface area (Å²) >= 11 is 0. The van der Waals surface area contributed by atoms with Crippen molar-refractivity contribution < 1.29 is 28.5 Å². The molecule has 14 heteroatoms. The molecule has 1 aliphatic heterocycles. The molecule has 69 heavy (non-hydrogen) atoms. The van der Waals surface area contributed by atoms with Crippen molar-refractivity contribution in [2.75, 3.05) is 60.8 Å². The highest BCUT2D eigenvalue weighted by Gasteiger charge is 2.22. The number of fused-ring (bicyclic) bond motifs is 6. The third kappa shape index (κ3) is 8.93. The molecule has 0 saturated carbocycles. The number of morpholine rings is 1. The molecule has 1 fully saturated rings. The monoisotopic (exact) mass is 916 g/mol. The van der Waals surface area contributed by atoms with Crippen LogP contribution in [0.5, 0.6) is 11.5 Å². The number of hydrogen-bond acceptors (Lipinski definition) is 10. The molecule has 0 bridgehead atoms. The van der Waals surface area contributed by atoms with E-state index >= 15 is 0 Å². The maximum Gasteiger partial charge on any atom is 0.254 e. The van der Waals surface area contributed by atoms with E-state index in [1.165, 1.54) is 0 Å². The molecule has 0 aliphatic carbocycles. The van der Waals surface area contributed by atoms with Crippen LogP contribution in [0.3, 0.4) is 0 Å². The normalized spacial score (nSPS) is 12.5. The third-order valence-electron chi connectivity index (χ3n) is 12.3. The van der Waals surface area contributed by atoms with Gasteiger partial charge < -0.3 is 39.1 Å². The molecule has 10 aromatic rings. The van der Waals surface area contributed by atoms with Gasteiger partial charge in [-0.15, -0.1) is 0 Å². The molecule has 344 valence electrons. The molecule has 3 N–H and O–H groups in total. The van der Waals surface area contributed by atoms with Gasteiger partial charge in [0.15, 0.2) is 0 Å². The molecule has 2 amide bonds. The van der Waals surface area contributed by atoms with Gasteiger partial charge in [0.2, 0.25) is 0 Å². The Labute approximate surface area is 397 Å². The number of pyridine rings is 4. The molecule has 0 unspecified atom stereocenters. The number of nitrogens with zero attached hydrogens (tertiary/aromatic N) is 5. The molecule has 1 saturated heterocycles. The Morgan fingerprint density at radius 1 is 0.609 bits per heavy atom. The van der Waals surface area contributed by atoms with Gasteiger partial charge in [0.1, 0.15) is 11.5 Å². The molecule has 0 spiro atoms. The predicted octanol–water partition coefficient (Wildman–Crippen LogP) is 9.76. The van der Waals surface area contributed by atoms with Gasteiger partial charge in [0.05, 0.1) is 68.9 Å². The second kappa shape index (κ2) is 19.8. The Morgan fingerprint density at radius 2 is 1.17 bits per heavy atom. The Kier molecular flexibility index (Phi) is 12.7. The maximum absolute atomic E-state index is 13.2. The molecular weight excluding hydrogens is 869 g/mol. The summed E-state index contributed by atoms with van der Waals surface area (Å²) in [5.74, 6) is 1.39. The molecule has 11 rings (SSSR count). The number of benzene rings is 4. The Balaban J connectivity index is 0.000000160. The second-order valence-electron chi connectivity index (χ2n) is 16.4. The summed E-state index contributed by atoms with van der Waals surface area (Å²) in [5, 5.41) is 6.99. The van der Waals surface area contributed by atoms with Crippen LogP contribution in [-0.2, 0) is 9.47 Å². The smallest absolute Gasteiger partial charge is 0.254 e. The van der Waals surface area contributed by atoms with Crippen LogP contribution in [0.2, 0.25) is 0 Å². The van der Waals surface area contributed by atoms with Crippen LogP contribution in [0.25, 0.3) is 88.4 Å². The summed E-state index contributed by atoms with van der Waals surface area (Å²) in [4.78, 5) is 52.1.